The van der Waals surface area contributed by atoms with Gasteiger partial charge in [0.15, 0.2) is 0 Å². The third-order valence-corrected chi connectivity index (χ3v) is 6.32. The van der Waals surface area contributed by atoms with Gasteiger partial charge in [0.05, 0.1) is 5.33 Å². The summed E-state index contributed by atoms with van der Waals surface area (Å²) in [6.07, 6.45) is 0. The van der Waals surface area contributed by atoms with Crippen molar-refractivity contribution < 1.29 is 38.7 Å². The maximum absolute atomic E-state index is 12.4. The number of Topliss-reactive ketones (excluding diaryl/α,β-unsaturated/α-hetero) is 1. The third-order valence-electron chi connectivity index (χ3n) is 4.22. The topological polar surface area (TPSA) is 152 Å². The number of alkyl halides is 1. The molecule has 0 aromatic rings. The average Bonchev–Trinajstić information content (AvgIpc) is 2.67. The molecule has 0 spiro atoms. The summed E-state index contributed by atoms with van der Waals surface area (Å²) in [7, 11) is 1.18. The number of oxime groups is 1. The maximum Gasteiger partial charge on any atom is 0.315 e. The normalized spacial score (nSPS) is 26.6. The Hall–Kier alpha value is -2.15. The highest BCUT2D eigenvalue weighted by Crippen LogP contribution is 2.42. The molecule has 154 valence electrons. The van der Waals surface area contributed by atoms with Crippen molar-refractivity contribution in [2.45, 2.75) is 18.3 Å². The molecule has 13 heteroatoms. The molecule has 0 aromatic carbocycles. The SMILES string of the molecule is CON=C(C(=O)CBr)C(=O)NC1C(=O)N2CC(COC(C)=O)(C(=O)O)CS[C@H]12. The number of hydrogen-bond acceptors (Lipinski definition) is 9. The first kappa shape index (κ1) is 22.1. The van der Waals surface area contributed by atoms with Crippen molar-refractivity contribution in [3.8, 4) is 0 Å². The summed E-state index contributed by atoms with van der Waals surface area (Å²) in [6, 6.07) is -0.928. The number of nitrogens with one attached hydrogen (secondary N) is 1. The van der Waals surface area contributed by atoms with Crippen LogP contribution in [0.25, 0.3) is 0 Å². The van der Waals surface area contributed by atoms with Crippen LogP contribution in [-0.4, -0.2) is 88.0 Å². The summed E-state index contributed by atoms with van der Waals surface area (Å²) in [5.74, 6) is -3.70. The molecule has 2 amide bonds. The quantitative estimate of drug-likeness (QED) is 0.111. The highest BCUT2D eigenvalue weighted by Gasteiger charge is 2.58. The van der Waals surface area contributed by atoms with Gasteiger partial charge in [0, 0.05) is 19.2 Å². The zero-order valence-electron chi connectivity index (χ0n) is 15.0. The lowest BCUT2D eigenvalue weighted by Crippen LogP contribution is -2.74. The number of ether oxygens (including phenoxy) is 1. The molecule has 2 rings (SSSR count). The van der Waals surface area contributed by atoms with E-state index in [4.69, 9.17) is 4.74 Å². The molecule has 2 aliphatic heterocycles. The number of thioether (sulfide) groups is 1. The van der Waals surface area contributed by atoms with Crippen LogP contribution in [0.5, 0.6) is 0 Å². The minimum atomic E-state index is -1.42. The number of ketones is 1. The summed E-state index contributed by atoms with van der Waals surface area (Å²) >= 11 is 4.08. The Labute approximate surface area is 172 Å². The molecular formula is C15H18BrN3O8S. The van der Waals surface area contributed by atoms with Crippen LogP contribution in [-0.2, 0) is 33.5 Å². The molecule has 2 fully saturated rings. The minimum absolute atomic E-state index is 0.0791. The van der Waals surface area contributed by atoms with Crippen LogP contribution in [0.4, 0.5) is 0 Å². The molecule has 2 aliphatic rings. The van der Waals surface area contributed by atoms with Crippen molar-refractivity contribution in [3.05, 3.63) is 0 Å². The monoisotopic (exact) mass is 479 g/mol. The molecule has 0 saturated carbocycles. The van der Waals surface area contributed by atoms with Crippen LogP contribution in [0, 0.1) is 5.41 Å². The van der Waals surface area contributed by atoms with Gasteiger partial charge in [-0.05, 0) is 0 Å². The van der Waals surface area contributed by atoms with Crippen LogP contribution < -0.4 is 5.32 Å². The number of fused-ring (bicyclic) bond motifs is 1. The van der Waals surface area contributed by atoms with E-state index >= 15 is 0 Å². The number of hydrogen-bond donors (Lipinski definition) is 2. The summed E-state index contributed by atoms with van der Waals surface area (Å²) in [5, 5.41) is 14.7. The number of amides is 2. The Morgan fingerprint density at radius 2 is 2.11 bits per heavy atom. The molecule has 0 bridgehead atoms. The number of carbonyl (C=O) groups is 5. The molecule has 2 unspecified atom stereocenters. The minimum Gasteiger partial charge on any atom is -0.481 e. The van der Waals surface area contributed by atoms with E-state index in [9.17, 15) is 29.1 Å². The Morgan fingerprint density at radius 1 is 1.43 bits per heavy atom. The lowest BCUT2D eigenvalue weighted by molar-refractivity contribution is -0.164. The summed E-state index contributed by atoms with van der Waals surface area (Å²) < 4.78 is 4.87. The number of carboxylic acid groups (broad SMARTS) is 1. The van der Waals surface area contributed by atoms with E-state index in [1.807, 2.05) is 0 Å². The lowest BCUT2D eigenvalue weighted by atomic mass is 9.88. The summed E-state index contributed by atoms with van der Waals surface area (Å²) in [5.41, 5.74) is -1.91. The van der Waals surface area contributed by atoms with Crippen LogP contribution in [0.15, 0.2) is 5.16 Å². The zero-order valence-corrected chi connectivity index (χ0v) is 17.4. The molecule has 28 heavy (non-hydrogen) atoms. The molecule has 2 N–H and O–H groups in total. The van der Waals surface area contributed by atoms with Crippen molar-refractivity contribution in [1.82, 2.24) is 10.2 Å². The fraction of sp³-hybridized carbons (Fsp3) is 0.600. The highest BCUT2D eigenvalue weighted by molar-refractivity contribution is 9.09. The number of halogens is 1. The first-order chi connectivity index (χ1) is 13.2. The van der Waals surface area contributed by atoms with E-state index < -0.39 is 52.1 Å². The molecule has 0 radical (unpaired) electrons. The standard InChI is InChI=1S/C15H18BrN3O8S/c1-7(20)27-5-15(14(24)25)4-19-12(23)10(13(19)28-6-15)17-11(22)9(18-26-2)8(21)3-16/h10,13H,3-6H2,1-2H3,(H,17,22)(H,24,25)/t10?,13-,15?/m1/s1. The fourth-order valence-electron chi connectivity index (χ4n) is 2.73. The maximum atomic E-state index is 12.4. The van der Waals surface area contributed by atoms with Gasteiger partial charge in [-0.2, -0.15) is 0 Å². The van der Waals surface area contributed by atoms with Gasteiger partial charge in [0.2, 0.25) is 17.4 Å². The average molecular weight is 480 g/mol. The van der Waals surface area contributed by atoms with Gasteiger partial charge in [-0.1, -0.05) is 21.1 Å². The molecule has 0 aliphatic carbocycles. The van der Waals surface area contributed by atoms with Crippen LogP contribution in [0.3, 0.4) is 0 Å². The number of β-lactam (4-membered cyclic amide) rings is 1. The number of carbonyl (C=O) groups excluding carboxylic acids is 4. The van der Waals surface area contributed by atoms with Crippen LogP contribution >= 0.6 is 27.7 Å². The predicted octanol–water partition coefficient (Wildman–Crippen LogP) is -1.01. The molecule has 11 nitrogen and oxygen atoms in total. The van der Waals surface area contributed by atoms with Gasteiger partial charge in [-0.3, -0.25) is 24.0 Å². The van der Waals surface area contributed by atoms with E-state index in [0.29, 0.717) is 0 Å². The first-order valence-corrected chi connectivity index (χ1v) is 10.1. The van der Waals surface area contributed by atoms with Crippen molar-refractivity contribution in [3.63, 3.8) is 0 Å². The molecular weight excluding hydrogens is 462 g/mol. The smallest absolute Gasteiger partial charge is 0.315 e. The van der Waals surface area contributed by atoms with E-state index in [0.717, 1.165) is 11.8 Å². The molecule has 3 atom stereocenters. The highest BCUT2D eigenvalue weighted by atomic mass is 79.9. The summed E-state index contributed by atoms with van der Waals surface area (Å²) in [6.45, 7) is 0.655. The largest absolute Gasteiger partial charge is 0.481 e. The molecule has 2 heterocycles. The molecule has 0 aromatic heterocycles. The van der Waals surface area contributed by atoms with Gasteiger partial charge < -0.3 is 24.9 Å². The van der Waals surface area contributed by atoms with Gasteiger partial charge >= 0.3 is 11.9 Å². The first-order valence-electron chi connectivity index (χ1n) is 7.97. The van der Waals surface area contributed by atoms with Gasteiger partial charge in [-0.25, -0.2) is 0 Å². The number of nitrogens with zero attached hydrogens (tertiary/aromatic N) is 2. The van der Waals surface area contributed by atoms with Crippen LogP contribution in [0.2, 0.25) is 0 Å². The van der Waals surface area contributed by atoms with Gasteiger partial charge in [-0.15, -0.1) is 11.8 Å². The Bertz CT molecular complexity index is 745. The van der Waals surface area contributed by atoms with E-state index in [1.165, 1.54) is 18.9 Å². The lowest BCUT2D eigenvalue weighted by Gasteiger charge is -2.53. The van der Waals surface area contributed by atoms with Gasteiger partial charge in [0.1, 0.15) is 30.5 Å². The summed E-state index contributed by atoms with van der Waals surface area (Å²) in [4.78, 5) is 65.0. The number of carboxylic acids is 1. The van der Waals surface area contributed by atoms with Crippen molar-refractivity contribution >= 4 is 62.9 Å². The second-order valence-corrected chi connectivity index (χ2v) is 7.83. The number of aliphatic carboxylic acids is 1. The Morgan fingerprint density at radius 3 is 2.64 bits per heavy atom. The second-order valence-electron chi connectivity index (χ2n) is 6.16. The second kappa shape index (κ2) is 8.90. The number of esters is 1. The van der Waals surface area contributed by atoms with Gasteiger partial charge in [0.25, 0.3) is 5.91 Å². The number of rotatable bonds is 8. The van der Waals surface area contributed by atoms with E-state index in [1.54, 1.807) is 0 Å². The molecule has 2 saturated heterocycles. The van der Waals surface area contributed by atoms with E-state index in [-0.39, 0.29) is 24.2 Å². The van der Waals surface area contributed by atoms with Crippen LogP contribution in [0.1, 0.15) is 6.92 Å². The Kier molecular flexibility index (Phi) is 7.04. The van der Waals surface area contributed by atoms with Crippen molar-refractivity contribution in [2.75, 3.05) is 31.3 Å². The third kappa shape index (κ3) is 4.29. The van der Waals surface area contributed by atoms with E-state index in [2.05, 4.69) is 31.2 Å². The Balaban J connectivity index is 2.07. The zero-order chi connectivity index (χ0) is 21.1. The van der Waals surface area contributed by atoms with Crippen molar-refractivity contribution in [2.24, 2.45) is 10.6 Å². The predicted molar refractivity (Wildman–Crippen MR) is 99.8 cm³/mol. The van der Waals surface area contributed by atoms with Crippen molar-refractivity contribution in [1.29, 1.82) is 0 Å². The fourth-order valence-corrected chi connectivity index (χ4v) is 4.52.